The van der Waals surface area contributed by atoms with Gasteiger partial charge in [-0.25, -0.2) is 0 Å². The Morgan fingerprint density at radius 1 is 1.50 bits per heavy atom. The van der Waals surface area contributed by atoms with Gasteiger partial charge in [0.15, 0.2) is 0 Å². The number of hydrogen-bond donors (Lipinski definition) is 1. The van der Waals surface area contributed by atoms with Crippen molar-refractivity contribution in [3.63, 3.8) is 0 Å². The number of amides is 1. The fourth-order valence-corrected chi connectivity index (χ4v) is 1.48. The molecule has 4 nitrogen and oxygen atoms in total. The molecule has 16 heavy (non-hydrogen) atoms. The van der Waals surface area contributed by atoms with Crippen LogP contribution in [0.3, 0.4) is 0 Å². The Balaban J connectivity index is 2.74. The van der Waals surface area contributed by atoms with Gasteiger partial charge in [0.25, 0.3) is 5.91 Å². The predicted molar refractivity (Wildman–Crippen MR) is 65.1 cm³/mol. The Bertz CT molecular complexity index is 352. The van der Waals surface area contributed by atoms with Gasteiger partial charge in [-0.05, 0) is 25.5 Å². The first-order valence-electron chi connectivity index (χ1n) is 5.69. The topological polar surface area (TPSA) is 59.2 Å². The number of nitrogen functional groups attached to an aromatic ring is 1. The van der Waals surface area contributed by atoms with E-state index in [0.29, 0.717) is 17.9 Å². The van der Waals surface area contributed by atoms with Gasteiger partial charge in [0.2, 0.25) is 0 Å². The van der Waals surface area contributed by atoms with Gasteiger partial charge < -0.3 is 10.6 Å². The molecule has 0 aliphatic heterocycles. The monoisotopic (exact) mass is 221 g/mol. The summed E-state index contributed by atoms with van der Waals surface area (Å²) in [5.41, 5.74) is 6.63. The number of rotatable bonds is 5. The summed E-state index contributed by atoms with van der Waals surface area (Å²) in [4.78, 5) is 17.9. The van der Waals surface area contributed by atoms with Gasteiger partial charge in [0.1, 0.15) is 5.69 Å². The minimum atomic E-state index is -0.0387. The zero-order chi connectivity index (χ0) is 12.0. The van der Waals surface area contributed by atoms with Crippen LogP contribution in [0.2, 0.25) is 0 Å². The number of unbranched alkanes of at least 4 members (excludes halogenated alkanes) is 1. The number of aromatic nitrogens is 1. The molecule has 0 saturated carbocycles. The summed E-state index contributed by atoms with van der Waals surface area (Å²) in [5.74, 6) is -0.0387. The van der Waals surface area contributed by atoms with Crippen LogP contribution in [-0.4, -0.2) is 28.9 Å². The number of carbonyl (C=O) groups excluding carboxylic acids is 1. The number of pyridine rings is 1. The van der Waals surface area contributed by atoms with Crippen LogP contribution in [0, 0.1) is 0 Å². The lowest BCUT2D eigenvalue weighted by atomic mass is 10.2. The molecule has 0 aromatic carbocycles. The second-order valence-corrected chi connectivity index (χ2v) is 3.71. The maximum atomic E-state index is 12.0. The molecule has 0 aliphatic rings. The fraction of sp³-hybridized carbons (Fsp3) is 0.500. The maximum Gasteiger partial charge on any atom is 0.272 e. The number of hydrogen-bond acceptors (Lipinski definition) is 3. The summed E-state index contributed by atoms with van der Waals surface area (Å²) >= 11 is 0. The quantitative estimate of drug-likeness (QED) is 0.826. The van der Waals surface area contributed by atoms with E-state index in [1.165, 1.54) is 0 Å². The molecule has 1 amide bonds. The van der Waals surface area contributed by atoms with Crippen LogP contribution < -0.4 is 5.73 Å². The van der Waals surface area contributed by atoms with E-state index in [-0.39, 0.29) is 5.91 Å². The van der Waals surface area contributed by atoms with Gasteiger partial charge >= 0.3 is 0 Å². The van der Waals surface area contributed by atoms with Gasteiger partial charge in [0, 0.05) is 25.0 Å². The molecule has 1 rings (SSSR count). The summed E-state index contributed by atoms with van der Waals surface area (Å²) in [6, 6.07) is 3.30. The summed E-state index contributed by atoms with van der Waals surface area (Å²) < 4.78 is 0. The van der Waals surface area contributed by atoms with Crippen LogP contribution in [-0.2, 0) is 0 Å². The van der Waals surface area contributed by atoms with E-state index in [1.807, 2.05) is 6.92 Å². The second kappa shape index (κ2) is 6.10. The zero-order valence-electron chi connectivity index (χ0n) is 9.94. The largest absolute Gasteiger partial charge is 0.399 e. The van der Waals surface area contributed by atoms with Gasteiger partial charge in [-0.1, -0.05) is 13.3 Å². The van der Waals surface area contributed by atoms with Crippen LogP contribution in [0.1, 0.15) is 37.2 Å². The van der Waals surface area contributed by atoms with Crippen molar-refractivity contribution in [1.29, 1.82) is 0 Å². The van der Waals surface area contributed by atoms with Crippen molar-refractivity contribution in [3.05, 3.63) is 24.0 Å². The molecule has 0 aliphatic carbocycles. The van der Waals surface area contributed by atoms with Crippen LogP contribution >= 0.6 is 0 Å². The van der Waals surface area contributed by atoms with Crippen LogP contribution in [0.15, 0.2) is 18.3 Å². The Hall–Kier alpha value is -1.58. The first-order valence-corrected chi connectivity index (χ1v) is 5.69. The van der Waals surface area contributed by atoms with E-state index < -0.39 is 0 Å². The van der Waals surface area contributed by atoms with Crippen molar-refractivity contribution in [3.8, 4) is 0 Å². The normalized spacial score (nSPS) is 10.1. The highest BCUT2D eigenvalue weighted by molar-refractivity contribution is 5.93. The third-order valence-corrected chi connectivity index (χ3v) is 2.45. The van der Waals surface area contributed by atoms with E-state index >= 15 is 0 Å². The molecule has 0 unspecified atom stereocenters. The summed E-state index contributed by atoms with van der Waals surface area (Å²) in [6.07, 6.45) is 3.66. The molecule has 1 aromatic heterocycles. The maximum absolute atomic E-state index is 12.0. The van der Waals surface area contributed by atoms with Gasteiger partial charge in [0.05, 0.1) is 0 Å². The van der Waals surface area contributed by atoms with Crippen molar-refractivity contribution in [1.82, 2.24) is 9.88 Å². The molecule has 0 saturated heterocycles. The molecule has 0 fully saturated rings. The molecule has 1 heterocycles. The number of carbonyl (C=O) groups is 1. The van der Waals surface area contributed by atoms with E-state index in [1.54, 1.807) is 23.2 Å². The second-order valence-electron chi connectivity index (χ2n) is 3.71. The Kier molecular flexibility index (Phi) is 4.76. The SMILES string of the molecule is CCCCN(CC)C(=O)c1cc(N)ccn1. The molecular weight excluding hydrogens is 202 g/mol. The van der Waals surface area contributed by atoms with Crippen LogP contribution in [0.25, 0.3) is 0 Å². The van der Waals surface area contributed by atoms with Gasteiger partial charge in [-0.3, -0.25) is 9.78 Å². The summed E-state index contributed by atoms with van der Waals surface area (Å²) in [7, 11) is 0. The summed E-state index contributed by atoms with van der Waals surface area (Å²) in [5, 5.41) is 0. The average Bonchev–Trinajstić information content (AvgIpc) is 2.29. The first kappa shape index (κ1) is 12.5. The van der Waals surface area contributed by atoms with Crippen molar-refractivity contribution in [2.45, 2.75) is 26.7 Å². The molecule has 4 heteroatoms. The highest BCUT2D eigenvalue weighted by atomic mass is 16.2. The molecule has 0 radical (unpaired) electrons. The molecule has 2 N–H and O–H groups in total. The van der Waals surface area contributed by atoms with Gasteiger partial charge in [-0.15, -0.1) is 0 Å². The number of nitrogens with zero attached hydrogens (tertiary/aromatic N) is 2. The Morgan fingerprint density at radius 2 is 2.25 bits per heavy atom. The molecule has 0 bridgehead atoms. The smallest absolute Gasteiger partial charge is 0.272 e. The molecular formula is C12H19N3O. The Labute approximate surface area is 96.5 Å². The van der Waals surface area contributed by atoms with Crippen molar-refractivity contribution >= 4 is 11.6 Å². The molecule has 0 spiro atoms. The highest BCUT2D eigenvalue weighted by Gasteiger charge is 2.14. The molecule has 88 valence electrons. The molecule has 1 aromatic rings. The van der Waals surface area contributed by atoms with E-state index in [9.17, 15) is 4.79 Å². The number of anilines is 1. The van der Waals surface area contributed by atoms with E-state index in [4.69, 9.17) is 5.73 Å². The zero-order valence-corrected chi connectivity index (χ0v) is 9.94. The highest BCUT2D eigenvalue weighted by Crippen LogP contribution is 2.07. The fourth-order valence-electron chi connectivity index (χ4n) is 1.48. The van der Waals surface area contributed by atoms with Crippen molar-refractivity contribution < 1.29 is 4.79 Å². The van der Waals surface area contributed by atoms with Gasteiger partial charge in [-0.2, -0.15) is 0 Å². The predicted octanol–water partition coefficient (Wildman–Crippen LogP) is 1.93. The minimum absolute atomic E-state index is 0.0387. The lowest BCUT2D eigenvalue weighted by Crippen LogP contribution is -2.32. The van der Waals surface area contributed by atoms with Crippen LogP contribution in [0.4, 0.5) is 5.69 Å². The molecule has 0 atom stereocenters. The van der Waals surface area contributed by atoms with E-state index in [2.05, 4.69) is 11.9 Å². The third kappa shape index (κ3) is 3.22. The van der Waals surface area contributed by atoms with Crippen LogP contribution in [0.5, 0.6) is 0 Å². The van der Waals surface area contributed by atoms with Crippen molar-refractivity contribution in [2.24, 2.45) is 0 Å². The summed E-state index contributed by atoms with van der Waals surface area (Å²) in [6.45, 7) is 5.56. The van der Waals surface area contributed by atoms with E-state index in [0.717, 1.165) is 19.4 Å². The lowest BCUT2D eigenvalue weighted by molar-refractivity contribution is 0.0756. The van der Waals surface area contributed by atoms with Crippen molar-refractivity contribution in [2.75, 3.05) is 18.8 Å². The minimum Gasteiger partial charge on any atom is -0.399 e. The standard InChI is InChI=1S/C12H19N3O/c1-3-5-8-15(4-2)12(16)11-9-10(13)6-7-14-11/h6-7,9H,3-5,8H2,1-2H3,(H2,13,14). The average molecular weight is 221 g/mol. The lowest BCUT2D eigenvalue weighted by Gasteiger charge is -2.20. The third-order valence-electron chi connectivity index (χ3n) is 2.45. The number of nitrogens with two attached hydrogens (primary N) is 1. The Morgan fingerprint density at radius 3 is 2.81 bits per heavy atom. The first-order chi connectivity index (χ1) is 7.69.